The van der Waals surface area contributed by atoms with Crippen LogP contribution in [0.15, 0.2) is 35.1 Å². The first-order valence-corrected chi connectivity index (χ1v) is 10.0. The Morgan fingerprint density at radius 3 is 2.30 bits per heavy atom. The summed E-state index contributed by atoms with van der Waals surface area (Å²) in [6, 6.07) is 9.33. The lowest BCUT2D eigenvalue weighted by molar-refractivity contribution is 0.123. The summed E-state index contributed by atoms with van der Waals surface area (Å²) in [7, 11) is 3.49. The number of amides is 2. The molecule has 0 bridgehead atoms. The third kappa shape index (κ3) is 3.54. The van der Waals surface area contributed by atoms with Gasteiger partial charge in [0.05, 0.1) is 35.6 Å². The highest BCUT2D eigenvalue weighted by Crippen LogP contribution is 2.32. The van der Waals surface area contributed by atoms with E-state index >= 15 is 0 Å². The molecule has 2 heterocycles. The highest BCUT2D eigenvalue weighted by atomic mass is 16.5. The number of carbonyl (C=O) groups excluding carboxylic acids is 1. The number of nitrogens with zero attached hydrogens (tertiary/aromatic N) is 3. The van der Waals surface area contributed by atoms with Crippen molar-refractivity contribution in [1.82, 2.24) is 9.13 Å². The first-order chi connectivity index (χ1) is 14.4. The van der Waals surface area contributed by atoms with Crippen molar-refractivity contribution in [2.75, 3.05) is 41.8 Å². The standard InChI is InChI=1S/C22H27N5O3/c1-14-6-5-7-16(15(14)2)23-21(28)24-17-12-19-20(26(4)22(29)25(19)3)13-18(17)27-8-10-30-11-9-27/h5-7,12-13H,8-11H2,1-4H3,(H2,23,24,28). The number of fused-ring (bicyclic) bond motifs is 1. The van der Waals surface area contributed by atoms with Crippen LogP contribution < -0.4 is 21.2 Å². The van der Waals surface area contributed by atoms with Crippen LogP contribution in [0.2, 0.25) is 0 Å². The van der Waals surface area contributed by atoms with Crippen LogP contribution in [0.3, 0.4) is 0 Å². The fourth-order valence-electron chi connectivity index (χ4n) is 3.86. The number of hydrogen-bond acceptors (Lipinski definition) is 4. The van der Waals surface area contributed by atoms with E-state index < -0.39 is 0 Å². The molecule has 0 atom stereocenters. The molecule has 4 rings (SSSR count). The number of imidazole rings is 1. The van der Waals surface area contributed by atoms with Crippen molar-refractivity contribution in [3.8, 4) is 0 Å². The second-order valence-electron chi connectivity index (χ2n) is 7.68. The first-order valence-electron chi connectivity index (χ1n) is 10.0. The first kappa shape index (κ1) is 20.0. The van der Waals surface area contributed by atoms with E-state index in [1.54, 1.807) is 23.2 Å². The number of urea groups is 1. The van der Waals surface area contributed by atoms with Crippen LogP contribution in [0.4, 0.5) is 21.9 Å². The predicted octanol–water partition coefficient (Wildman–Crippen LogP) is 2.97. The fourth-order valence-corrected chi connectivity index (χ4v) is 3.86. The predicted molar refractivity (Wildman–Crippen MR) is 120 cm³/mol. The molecule has 1 aromatic heterocycles. The Morgan fingerprint density at radius 2 is 1.60 bits per heavy atom. The normalized spacial score (nSPS) is 14.2. The molecular formula is C22H27N5O3. The fraction of sp³-hybridized carbons (Fsp3) is 0.364. The highest BCUT2D eigenvalue weighted by molar-refractivity contribution is 6.04. The minimum absolute atomic E-state index is 0.102. The second-order valence-corrected chi connectivity index (χ2v) is 7.68. The molecule has 2 amide bonds. The quantitative estimate of drug-likeness (QED) is 0.697. The molecule has 2 N–H and O–H groups in total. The van der Waals surface area contributed by atoms with Gasteiger partial charge in [0.1, 0.15) is 0 Å². The molecule has 8 nitrogen and oxygen atoms in total. The number of carbonyl (C=O) groups is 1. The van der Waals surface area contributed by atoms with E-state index in [0.29, 0.717) is 18.9 Å². The van der Waals surface area contributed by atoms with Crippen molar-refractivity contribution in [3.63, 3.8) is 0 Å². The summed E-state index contributed by atoms with van der Waals surface area (Å²) in [6.07, 6.45) is 0. The van der Waals surface area contributed by atoms with Crippen molar-refractivity contribution in [2.45, 2.75) is 13.8 Å². The Balaban J connectivity index is 1.72. The van der Waals surface area contributed by atoms with Gasteiger partial charge in [-0.15, -0.1) is 0 Å². The van der Waals surface area contributed by atoms with Gasteiger partial charge < -0.3 is 20.3 Å². The lowest BCUT2D eigenvalue weighted by Crippen LogP contribution is -2.37. The Bertz CT molecular complexity index is 1170. The third-order valence-electron chi connectivity index (χ3n) is 5.84. The average Bonchev–Trinajstić information content (AvgIpc) is 2.95. The molecule has 1 fully saturated rings. The largest absolute Gasteiger partial charge is 0.378 e. The Hall–Kier alpha value is -3.26. The molecule has 30 heavy (non-hydrogen) atoms. The van der Waals surface area contributed by atoms with Crippen LogP contribution in [0, 0.1) is 13.8 Å². The number of anilines is 3. The molecule has 0 spiro atoms. The van der Waals surface area contributed by atoms with Crippen LogP contribution in [-0.2, 0) is 18.8 Å². The topological polar surface area (TPSA) is 80.5 Å². The molecule has 1 aliphatic heterocycles. The van der Waals surface area contributed by atoms with E-state index in [1.165, 1.54) is 0 Å². The summed E-state index contributed by atoms with van der Waals surface area (Å²) in [5, 5.41) is 5.94. The van der Waals surface area contributed by atoms with Crippen LogP contribution in [0.25, 0.3) is 11.0 Å². The van der Waals surface area contributed by atoms with Gasteiger partial charge in [-0.3, -0.25) is 9.13 Å². The number of aromatic nitrogens is 2. The Kier molecular flexibility index (Phi) is 5.26. The SMILES string of the molecule is Cc1cccc(NC(=O)Nc2cc3c(cc2N2CCOCC2)n(C)c(=O)n3C)c1C. The number of rotatable bonds is 3. The van der Waals surface area contributed by atoms with Crippen LogP contribution >= 0.6 is 0 Å². The van der Waals surface area contributed by atoms with Gasteiger partial charge in [0.2, 0.25) is 0 Å². The zero-order valence-corrected chi connectivity index (χ0v) is 17.8. The Labute approximate surface area is 175 Å². The summed E-state index contributed by atoms with van der Waals surface area (Å²) >= 11 is 0. The van der Waals surface area contributed by atoms with E-state index in [4.69, 9.17) is 4.74 Å². The molecule has 158 valence electrons. The summed E-state index contributed by atoms with van der Waals surface area (Å²) in [5.74, 6) is 0. The summed E-state index contributed by atoms with van der Waals surface area (Å²) in [6.45, 7) is 6.69. The molecule has 0 radical (unpaired) electrons. The van der Waals surface area contributed by atoms with Gasteiger partial charge in [-0.2, -0.15) is 0 Å². The molecule has 0 unspecified atom stereocenters. The zero-order valence-electron chi connectivity index (χ0n) is 17.8. The number of aryl methyl sites for hydroxylation is 3. The molecule has 1 saturated heterocycles. The molecule has 8 heteroatoms. The summed E-state index contributed by atoms with van der Waals surface area (Å²) in [4.78, 5) is 27.4. The molecule has 3 aromatic rings. The minimum Gasteiger partial charge on any atom is -0.378 e. The summed E-state index contributed by atoms with van der Waals surface area (Å²) in [5.41, 5.74) is 5.94. The lowest BCUT2D eigenvalue weighted by atomic mass is 10.1. The van der Waals surface area contributed by atoms with E-state index in [-0.39, 0.29) is 11.7 Å². The van der Waals surface area contributed by atoms with Crippen molar-refractivity contribution in [2.24, 2.45) is 14.1 Å². The van der Waals surface area contributed by atoms with Gasteiger partial charge >= 0.3 is 11.7 Å². The van der Waals surface area contributed by atoms with Crippen LogP contribution in [-0.4, -0.2) is 41.5 Å². The van der Waals surface area contributed by atoms with Crippen LogP contribution in [0.1, 0.15) is 11.1 Å². The monoisotopic (exact) mass is 409 g/mol. The van der Waals surface area contributed by atoms with E-state index in [9.17, 15) is 9.59 Å². The maximum absolute atomic E-state index is 12.8. The van der Waals surface area contributed by atoms with Gasteiger partial charge in [0, 0.05) is 32.9 Å². The van der Waals surface area contributed by atoms with Gasteiger partial charge in [0.15, 0.2) is 0 Å². The number of morpholine rings is 1. The smallest absolute Gasteiger partial charge is 0.328 e. The lowest BCUT2D eigenvalue weighted by Gasteiger charge is -2.30. The maximum Gasteiger partial charge on any atom is 0.328 e. The third-order valence-corrected chi connectivity index (χ3v) is 5.84. The van der Waals surface area contributed by atoms with Crippen molar-refractivity contribution >= 4 is 34.1 Å². The number of ether oxygens (including phenoxy) is 1. The second kappa shape index (κ2) is 7.87. The van der Waals surface area contributed by atoms with Gasteiger partial charge in [-0.25, -0.2) is 9.59 Å². The van der Waals surface area contributed by atoms with Gasteiger partial charge in [0.25, 0.3) is 0 Å². The Morgan fingerprint density at radius 1 is 0.967 bits per heavy atom. The minimum atomic E-state index is -0.321. The van der Waals surface area contributed by atoms with Gasteiger partial charge in [-0.1, -0.05) is 12.1 Å². The molecular weight excluding hydrogens is 382 g/mol. The molecule has 1 aliphatic rings. The summed E-state index contributed by atoms with van der Waals surface area (Å²) < 4.78 is 8.69. The van der Waals surface area contributed by atoms with Gasteiger partial charge in [-0.05, 0) is 43.2 Å². The number of hydrogen-bond donors (Lipinski definition) is 2. The highest BCUT2D eigenvalue weighted by Gasteiger charge is 2.20. The molecule has 0 aliphatic carbocycles. The molecule has 2 aromatic carbocycles. The zero-order chi connectivity index (χ0) is 21.4. The van der Waals surface area contributed by atoms with E-state index in [2.05, 4.69) is 15.5 Å². The number of benzene rings is 2. The van der Waals surface area contributed by atoms with Crippen molar-refractivity contribution < 1.29 is 9.53 Å². The molecule has 0 saturated carbocycles. The van der Waals surface area contributed by atoms with Crippen molar-refractivity contribution in [3.05, 3.63) is 51.9 Å². The number of nitrogens with one attached hydrogen (secondary N) is 2. The van der Waals surface area contributed by atoms with Crippen molar-refractivity contribution in [1.29, 1.82) is 0 Å². The van der Waals surface area contributed by atoms with Crippen LogP contribution in [0.5, 0.6) is 0 Å². The average molecular weight is 409 g/mol. The van der Waals surface area contributed by atoms with E-state index in [0.717, 1.165) is 46.6 Å². The van der Waals surface area contributed by atoms with E-state index in [1.807, 2.05) is 44.2 Å². The maximum atomic E-state index is 12.8.